The van der Waals surface area contributed by atoms with Crippen molar-refractivity contribution in [1.82, 2.24) is 14.9 Å². The number of likely N-dealkylation sites (N-methyl/N-ethyl adjacent to an activating group) is 1. The fraction of sp³-hybridized carbons (Fsp3) is 0.312. The van der Waals surface area contributed by atoms with Crippen LogP contribution in [0.3, 0.4) is 0 Å². The van der Waals surface area contributed by atoms with Crippen LogP contribution in [0.15, 0.2) is 36.7 Å². The van der Waals surface area contributed by atoms with Gasteiger partial charge in [0.1, 0.15) is 17.8 Å². The highest BCUT2D eigenvalue weighted by atomic mass is 35.5. The van der Waals surface area contributed by atoms with Gasteiger partial charge < -0.3 is 15.1 Å². The second-order valence-electron chi connectivity index (χ2n) is 5.51. The monoisotopic (exact) mass is 331 g/mol. The molecular formula is C16H18ClN5O. The number of nitrogens with zero attached hydrogens (tertiary/aromatic N) is 4. The lowest BCUT2D eigenvalue weighted by Gasteiger charge is -2.33. The van der Waals surface area contributed by atoms with E-state index in [9.17, 15) is 4.79 Å². The Morgan fingerprint density at radius 1 is 1.13 bits per heavy atom. The van der Waals surface area contributed by atoms with E-state index in [-0.39, 0.29) is 5.91 Å². The first kappa shape index (κ1) is 15.7. The van der Waals surface area contributed by atoms with Crippen LogP contribution < -0.4 is 10.2 Å². The van der Waals surface area contributed by atoms with E-state index in [4.69, 9.17) is 11.6 Å². The van der Waals surface area contributed by atoms with Gasteiger partial charge in [0.2, 0.25) is 0 Å². The van der Waals surface area contributed by atoms with Crippen LogP contribution in [0.4, 0.5) is 11.5 Å². The molecule has 0 spiro atoms. The Bertz CT molecular complexity index is 683. The molecule has 1 amide bonds. The first-order valence-electron chi connectivity index (χ1n) is 7.44. The van der Waals surface area contributed by atoms with E-state index < -0.39 is 0 Å². The van der Waals surface area contributed by atoms with Crippen LogP contribution in [0.5, 0.6) is 0 Å². The van der Waals surface area contributed by atoms with Gasteiger partial charge in [0.05, 0.1) is 0 Å². The molecule has 1 fully saturated rings. The smallest absolute Gasteiger partial charge is 0.274 e. The molecule has 1 aromatic carbocycles. The van der Waals surface area contributed by atoms with Crippen molar-refractivity contribution in [2.24, 2.45) is 0 Å². The molecule has 1 saturated heterocycles. The number of piperazine rings is 1. The number of rotatable bonds is 3. The van der Waals surface area contributed by atoms with Crippen LogP contribution in [0.1, 0.15) is 10.5 Å². The molecule has 7 heteroatoms. The summed E-state index contributed by atoms with van der Waals surface area (Å²) in [5.74, 6) is 0.527. The standard InChI is InChI=1S/C16H18ClN5O/c1-21-6-8-22(9-7-21)15-10-14(18-11-19-15)16(23)20-13-4-2-12(17)3-5-13/h2-5,10-11H,6-9H2,1H3,(H,20,23). The Labute approximate surface area is 140 Å². The van der Waals surface area contributed by atoms with E-state index in [1.807, 2.05) is 0 Å². The van der Waals surface area contributed by atoms with Gasteiger partial charge in [-0.3, -0.25) is 4.79 Å². The average molecular weight is 332 g/mol. The molecule has 1 aliphatic rings. The maximum absolute atomic E-state index is 12.3. The molecule has 0 aliphatic carbocycles. The second-order valence-corrected chi connectivity index (χ2v) is 5.95. The molecule has 120 valence electrons. The highest BCUT2D eigenvalue weighted by Crippen LogP contribution is 2.16. The summed E-state index contributed by atoms with van der Waals surface area (Å²) in [4.78, 5) is 25.1. The molecule has 6 nitrogen and oxygen atoms in total. The summed E-state index contributed by atoms with van der Waals surface area (Å²) in [6.45, 7) is 3.75. The molecule has 0 atom stereocenters. The normalized spacial score (nSPS) is 15.5. The highest BCUT2D eigenvalue weighted by Gasteiger charge is 2.17. The Morgan fingerprint density at radius 3 is 2.52 bits per heavy atom. The minimum Gasteiger partial charge on any atom is -0.354 e. The van der Waals surface area contributed by atoms with E-state index in [2.05, 4.69) is 32.1 Å². The molecule has 23 heavy (non-hydrogen) atoms. The topological polar surface area (TPSA) is 61.4 Å². The van der Waals surface area contributed by atoms with Crippen LogP contribution in [0, 0.1) is 0 Å². The third kappa shape index (κ3) is 3.97. The SMILES string of the molecule is CN1CCN(c2cc(C(=O)Nc3ccc(Cl)cc3)ncn2)CC1. The summed E-state index contributed by atoms with van der Waals surface area (Å²) in [7, 11) is 2.10. The van der Waals surface area contributed by atoms with Gasteiger partial charge in [-0.15, -0.1) is 0 Å². The summed E-state index contributed by atoms with van der Waals surface area (Å²) >= 11 is 5.84. The van der Waals surface area contributed by atoms with Crippen molar-refractivity contribution in [3.05, 3.63) is 47.4 Å². The van der Waals surface area contributed by atoms with Crippen molar-refractivity contribution in [1.29, 1.82) is 0 Å². The summed E-state index contributed by atoms with van der Waals surface area (Å²) in [5, 5.41) is 3.44. The van der Waals surface area contributed by atoms with Crippen molar-refractivity contribution in [3.8, 4) is 0 Å². The van der Waals surface area contributed by atoms with E-state index in [0.29, 0.717) is 16.4 Å². The number of carbonyl (C=O) groups is 1. The Morgan fingerprint density at radius 2 is 1.83 bits per heavy atom. The molecule has 0 unspecified atom stereocenters. The zero-order valence-electron chi connectivity index (χ0n) is 12.9. The summed E-state index contributed by atoms with van der Waals surface area (Å²) < 4.78 is 0. The van der Waals surface area contributed by atoms with E-state index in [1.54, 1.807) is 30.3 Å². The number of aromatic nitrogens is 2. The van der Waals surface area contributed by atoms with Crippen molar-refractivity contribution in [2.45, 2.75) is 0 Å². The molecule has 1 aliphatic heterocycles. The predicted octanol–water partition coefficient (Wildman–Crippen LogP) is 2.13. The number of halogens is 1. The summed E-state index contributed by atoms with van der Waals surface area (Å²) in [6, 6.07) is 8.70. The minimum atomic E-state index is -0.259. The zero-order chi connectivity index (χ0) is 16.2. The fourth-order valence-corrected chi connectivity index (χ4v) is 2.53. The number of benzene rings is 1. The fourth-order valence-electron chi connectivity index (χ4n) is 2.41. The van der Waals surface area contributed by atoms with Gasteiger partial charge >= 0.3 is 0 Å². The van der Waals surface area contributed by atoms with Gasteiger partial charge in [0.25, 0.3) is 5.91 Å². The first-order chi connectivity index (χ1) is 11.1. The number of carbonyl (C=O) groups excluding carboxylic acids is 1. The van der Waals surface area contributed by atoms with Gasteiger partial charge in [0, 0.05) is 43.0 Å². The number of nitrogens with one attached hydrogen (secondary N) is 1. The van der Waals surface area contributed by atoms with Crippen LogP contribution in [0.25, 0.3) is 0 Å². The average Bonchev–Trinajstić information content (AvgIpc) is 2.58. The summed E-state index contributed by atoms with van der Waals surface area (Å²) in [5.41, 5.74) is 1.03. The maximum atomic E-state index is 12.3. The third-order valence-corrected chi connectivity index (χ3v) is 4.07. The first-order valence-corrected chi connectivity index (χ1v) is 7.82. The lowest BCUT2D eigenvalue weighted by atomic mass is 10.2. The van der Waals surface area contributed by atoms with Gasteiger partial charge in [-0.25, -0.2) is 9.97 Å². The quantitative estimate of drug-likeness (QED) is 0.933. The lowest BCUT2D eigenvalue weighted by molar-refractivity contribution is 0.102. The van der Waals surface area contributed by atoms with E-state index in [1.165, 1.54) is 6.33 Å². The second kappa shape index (κ2) is 6.93. The van der Waals surface area contributed by atoms with Crippen LogP contribution >= 0.6 is 11.6 Å². The predicted molar refractivity (Wildman–Crippen MR) is 91.1 cm³/mol. The van der Waals surface area contributed by atoms with Gasteiger partial charge in [-0.05, 0) is 31.3 Å². The van der Waals surface area contributed by atoms with Crippen LogP contribution in [0.2, 0.25) is 5.02 Å². The van der Waals surface area contributed by atoms with Crippen LogP contribution in [-0.2, 0) is 0 Å². The van der Waals surface area contributed by atoms with Crippen molar-refractivity contribution in [2.75, 3.05) is 43.4 Å². The summed E-state index contributed by atoms with van der Waals surface area (Å²) in [6.07, 6.45) is 1.43. The molecular weight excluding hydrogens is 314 g/mol. The minimum absolute atomic E-state index is 0.259. The molecule has 3 rings (SSSR count). The molecule has 2 aromatic rings. The van der Waals surface area contributed by atoms with E-state index >= 15 is 0 Å². The Balaban J connectivity index is 1.71. The number of hydrogen-bond acceptors (Lipinski definition) is 5. The molecule has 1 aromatic heterocycles. The van der Waals surface area contributed by atoms with Crippen molar-refractivity contribution >= 4 is 29.0 Å². The number of anilines is 2. The Kier molecular flexibility index (Phi) is 4.73. The highest BCUT2D eigenvalue weighted by molar-refractivity contribution is 6.30. The third-order valence-electron chi connectivity index (χ3n) is 3.81. The largest absolute Gasteiger partial charge is 0.354 e. The van der Waals surface area contributed by atoms with Crippen LogP contribution in [-0.4, -0.2) is 54.0 Å². The lowest BCUT2D eigenvalue weighted by Crippen LogP contribution is -2.44. The van der Waals surface area contributed by atoms with Gasteiger partial charge in [-0.1, -0.05) is 11.6 Å². The molecule has 0 saturated carbocycles. The maximum Gasteiger partial charge on any atom is 0.274 e. The van der Waals surface area contributed by atoms with Gasteiger partial charge in [-0.2, -0.15) is 0 Å². The molecule has 0 bridgehead atoms. The molecule has 0 radical (unpaired) electrons. The number of hydrogen-bond donors (Lipinski definition) is 1. The molecule has 1 N–H and O–H groups in total. The van der Waals surface area contributed by atoms with Gasteiger partial charge in [0.15, 0.2) is 0 Å². The zero-order valence-corrected chi connectivity index (χ0v) is 13.6. The van der Waals surface area contributed by atoms with Crippen molar-refractivity contribution in [3.63, 3.8) is 0 Å². The van der Waals surface area contributed by atoms with E-state index in [0.717, 1.165) is 32.0 Å². The number of amides is 1. The van der Waals surface area contributed by atoms with Crippen molar-refractivity contribution < 1.29 is 4.79 Å². The molecule has 2 heterocycles. The Hall–Kier alpha value is -2.18.